The minimum atomic E-state index is -0.514. The largest absolute Gasteiger partial charge is 0.444 e. The molecule has 0 fully saturated rings. The first kappa shape index (κ1) is 21.5. The second kappa shape index (κ2) is 11.0. The number of methoxy groups -OCH3 is 1. The number of carbonyl (C=O) groups is 1. The predicted molar refractivity (Wildman–Crippen MR) is 90.6 cm³/mol. The number of halogens is 1. The second-order valence-electron chi connectivity index (χ2n) is 5.00. The molecule has 0 saturated carbocycles. The van der Waals surface area contributed by atoms with Crippen LogP contribution >= 0.6 is 24.0 Å². The molecule has 0 atom stereocenters. The fourth-order valence-corrected chi connectivity index (χ4v) is 1.22. The quantitative estimate of drug-likeness (QED) is 0.394. The standard InChI is InChI=1S/C12H26N4O3.HI/c1-12(2,3)19-11(17)16(8-9-18-5)7-6-15-10(13)14-4;/h6-9H2,1-5H3,(H3,13,14,15);1H. The van der Waals surface area contributed by atoms with Crippen LogP contribution in [0.15, 0.2) is 4.99 Å². The van der Waals surface area contributed by atoms with E-state index in [2.05, 4.69) is 10.3 Å². The lowest BCUT2D eigenvalue weighted by Gasteiger charge is -2.27. The molecule has 0 saturated heterocycles. The molecule has 0 aromatic carbocycles. The average molecular weight is 402 g/mol. The maximum absolute atomic E-state index is 12.0. The lowest BCUT2D eigenvalue weighted by atomic mass is 10.2. The highest BCUT2D eigenvalue weighted by atomic mass is 127. The molecule has 0 aliphatic heterocycles. The van der Waals surface area contributed by atoms with E-state index < -0.39 is 5.60 Å². The van der Waals surface area contributed by atoms with E-state index in [4.69, 9.17) is 15.2 Å². The predicted octanol–water partition coefficient (Wildman–Crippen LogP) is 1.02. The Morgan fingerprint density at radius 2 is 1.95 bits per heavy atom. The second-order valence-corrected chi connectivity index (χ2v) is 5.00. The number of amides is 1. The average Bonchev–Trinajstić information content (AvgIpc) is 2.30. The number of nitrogens with one attached hydrogen (secondary N) is 1. The van der Waals surface area contributed by atoms with Crippen LogP contribution in [0.5, 0.6) is 0 Å². The van der Waals surface area contributed by atoms with E-state index in [9.17, 15) is 4.79 Å². The number of aliphatic imine (C=N–C) groups is 1. The van der Waals surface area contributed by atoms with Crippen molar-refractivity contribution in [2.24, 2.45) is 10.7 Å². The van der Waals surface area contributed by atoms with Crippen LogP contribution in [0.3, 0.4) is 0 Å². The van der Waals surface area contributed by atoms with Crippen molar-refractivity contribution < 1.29 is 14.3 Å². The highest BCUT2D eigenvalue weighted by molar-refractivity contribution is 14.0. The van der Waals surface area contributed by atoms with Crippen LogP contribution < -0.4 is 11.1 Å². The van der Waals surface area contributed by atoms with Gasteiger partial charge in [0, 0.05) is 33.8 Å². The Hall–Kier alpha value is -0.770. The van der Waals surface area contributed by atoms with Crippen LogP contribution in [0, 0.1) is 0 Å². The van der Waals surface area contributed by atoms with Gasteiger partial charge in [-0.25, -0.2) is 4.79 Å². The maximum atomic E-state index is 12.0. The summed E-state index contributed by atoms with van der Waals surface area (Å²) in [6.45, 7) is 7.39. The molecule has 0 heterocycles. The van der Waals surface area contributed by atoms with Crippen molar-refractivity contribution in [2.75, 3.05) is 40.4 Å². The normalized spacial score (nSPS) is 11.6. The summed E-state index contributed by atoms with van der Waals surface area (Å²) in [6, 6.07) is 0. The third-order valence-electron chi connectivity index (χ3n) is 2.15. The summed E-state index contributed by atoms with van der Waals surface area (Å²) in [5.41, 5.74) is 5.00. The molecular weight excluding hydrogens is 375 g/mol. The molecule has 120 valence electrons. The molecule has 0 aromatic heterocycles. The van der Waals surface area contributed by atoms with Crippen LogP contribution in [0.4, 0.5) is 4.79 Å². The van der Waals surface area contributed by atoms with Crippen LogP contribution in [-0.2, 0) is 9.47 Å². The van der Waals surface area contributed by atoms with Crippen LogP contribution in [0.2, 0.25) is 0 Å². The van der Waals surface area contributed by atoms with Gasteiger partial charge in [-0.15, -0.1) is 24.0 Å². The maximum Gasteiger partial charge on any atom is 0.410 e. The molecule has 8 heteroatoms. The molecule has 7 nitrogen and oxygen atoms in total. The molecule has 0 radical (unpaired) electrons. The molecule has 0 bridgehead atoms. The van der Waals surface area contributed by atoms with Crippen molar-refractivity contribution in [2.45, 2.75) is 26.4 Å². The number of hydrogen-bond acceptors (Lipinski definition) is 4. The third kappa shape index (κ3) is 11.1. The van der Waals surface area contributed by atoms with Gasteiger partial charge in [0.05, 0.1) is 6.61 Å². The first-order valence-corrected chi connectivity index (χ1v) is 6.23. The molecule has 3 N–H and O–H groups in total. The van der Waals surface area contributed by atoms with E-state index in [1.54, 1.807) is 19.1 Å². The molecule has 1 amide bonds. The highest BCUT2D eigenvalue weighted by Gasteiger charge is 2.21. The van der Waals surface area contributed by atoms with Gasteiger partial charge >= 0.3 is 6.09 Å². The molecule has 0 aliphatic carbocycles. The van der Waals surface area contributed by atoms with Crippen molar-refractivity contribution in [3.63, 3.8) is 0 Å². The zero-order chi connectivity index (χ0) is 14.9. The lowest BCUT2D eigenvalue weighted by molar-refractivity contribution is 0.0206. The van der Waals surface area contributed by atoms with Crippen molar-refractivity contribution in [1.29, 1.82) is 0 Å². The summed E-state index contributed by atoms with van der Waals surface area (Å²) in [5, 5.41) is 2.89. The molecule has 0 rings (SSSR count). The van der Waals surface area contributed by atoms with E-state index in [0.717, 1.165) is 0 Å². The third-order valence-corrected chi connectivity index (χ3v) is 2.15. The number of nitrogens with two attached hydrogens (primary N) is 1. The first-order valence-electron chi connectivity index (χ1n) is 6.23. The van der Waals surface area contributed by atoms with Gasteiger partial charge < -0.3 is 25.4 Å². The van der Waals surface area contributed by atoms with Crippen LogP contribution in [-0.4, -0.2) is 63.0 Å². The Labute approximate surface area is 138 Å². The minimum Gasteiger partial charge on any atom is -0.444 e. The topological polar surface area (TPSA) is 89.2 Å². The van der Waals surface area contributed by atoms with Crippen molar-refractivity contribution >= 4 is 36.0 Å². The van der Waals surface area contributed by atoms with E-state index >= 15 is 0 Å². The van der Waals surface area contributed by atoms with Gasteiger partial charge in [0.25, 0.3) is 0 Å². The highest BCUT2D eigenvalue weighted by Crippen LogP contribution is 2.09. The number of carbonyl (C=O) groups excluding carboxylic acids is 1. The smallest absolute Gasteiger partial charge is 0.410 e. The van der Waals surface area contributed by atoms with Gasteiger partial charge in [0.1, 0.15) is 5.60 Å². The Morgan fingerprint density at radius 3 is 2.40 bits per heavy atom. The monoisotopic (exact) mass is 402 g/mol. The summed E-state index contributed by atoms with van der Waals surface area (Å²) >= 11 is 0. The van der Waals surface area contributed by atoms with E-state index in [1.165, 1.54) is 0 Å². The minimum absolute atomic E-state index is 0. The summed E-state index contributed by atoms with van der Waals surface area (Å²) in [4.78, 5) is 17.3. The van der Waals surface area contributed by atoms with E-state index in [-0.39, 0.29) is 30.1 Å². The summed E-state index contributed by atoms with van der Waals surface area (Å²) in [5.74, 6) is 0.343. The number of rotatable bonds is 6. The molecular formula is C12H27IN4O3. The zero-order valence-corrected chi connectivity index (χ0v) is 15.3. The summed E-state index contributed by atoms with van der Waals surface area (Å²) in [7, 11) is 3.19. The van der Waals surface area contributed by atoms with Crippen molar-refractivity contribution in [3.05, 3.63) is 0 Å². The van der Waals surface area contributed by atoms with Crippen molar-refractivity contribution in [1.82, 2.24) is 10.2 Å². The number of ether oxygens (including phenoxy) is 2. The zero-order valence-electron chi connectivity index (χ0n) is 12.9. The van der Waals surface area contributed by atoms with Crippen LogP contribution in [0.25, 0.3) is 0 Å². The fraction of sp³-hybridized carbons (Fsp3) is 0.833. The van der Waals surface area contributed by atoms with E-state index in [0.29, 0.717) is 32.2 Å². The van der Waals surface area contributed by atoms with Gasteiger partial charge in [-0.3, -0.25) is 4.99 Å². The Balaban J connectivity index is 0. The van der Waals surface area contributed by atoms with E-state index in [1.807, 2.05) is 20.8 Å². The Bertz CT molecular complexity index is 306. The number of nitrogens with zero attached hydrogens (tertiary/aromatic N) is 2. The SMILES string of the molecule is CN=C(N)NCCN(CCOC)C(=O)OC(C)(C)C.I. The molecule has 0 aromatic rings. The van der Waals surface area contributed by atoms with Gasteiger partial charge in [-0.05, 0) is 20.8 Å². The lowest BCUT2D eigenvalue weighted by Crippen LogP contribution is -2.44. The van der Waals surface area contributed by atoms with Crippen molar-refractivity contribution in [3.8, 4) is 0 Å². The van der Waals surface area contributed by atoms with Gasteiger partial charge in [-0.1, -0.05) is 0 Å². The van der Waals surface area contributed by atoms with Gasteiger partial charge in [0.15, 0.2) is 5.96 Å². The Morgan fingerprint density at radius 1 is 1.35 bits per heavy atom. The molecule has 0 unspecified atom stereocenters. The van der Waals surface area contributed by atoms with Crippen LogP contribution in [0.1, 0.15) is 20.8 Å². The fourth-order valence-electron chi connectivity index (χ4n) is 1.22. The molecule has 20 heavy (non-hydrogen) atoms. The molecule has 0 aliphatic rings. The number of guanidine groups is 1. The summed E-state index contributed by atoms with van der Waals surface area (Å²) in [6.07, 6.45) is -0.363. The first-order chi connectivity index (χ1) is 8.80. The van der Waals surface area contributed by atoms with Gasteiger partial charge in [-0.2, -0.15) is 0 Å². The van der Waals surface area contributed by atoms with Gasteiger partial charge in [0.2, 0.25) is 0 Å². The summed E-state index contributed by atoms with van der Waals surface area (Å²) < 4.78 is 10.3. The number of hydrogen-bond donors (Lipinski definition) is 2. The Kier molecular flexibility index (Phi) is 11.8. The molecule has 0 spiro atoms.